The van der Waals surface area contributed by atoms with Gasteiger partial charge in [0.2, 0.25) is 17.7 Å². The number of anilines is 1. The normalized spacial score (nSPS) is 32.0. The largest absolute Gasteiger partial charge is 0.324 e. The van der Waals surface area contributed by atoms with Crippen molar-refractivity contribution in [3.63, 3.8) is 0 Å². The fourth-order valence-corrected chi connectivity index (χ4v) is 4.36. The summed E-state index contributed by atoms with van der Waals surface area (Å²) in [4.78, 5) is 39.4. The lowest BCUT2D eigenvalue weighted by molar-refractivity contribution is -0.146. The number of para-hydroxylation sites is 1. The summed E-state index contributed by atoms with van der Waals surface area (Å²) >= 11 is 0. The first-order chi connectivity index (χ1) is 11.6. The second-order valence-electron chi connectivity index (χ2n) is 6.92. The zero-order chi connectivity index (χ0) is 16.8. The van der Waals surface area contributed by atoms with Crippen molar-refractivity contribution < 1.29 is 14.4 Å². The van der Waals surface area contributed by atoms with Crippen LogP contribution in [0.25, 0.3) is 0 Å². The van der Waals surface area contributed by atoms with E-state index in [1.54, 1.807) is 19.1 Å². The van der Waals surface area contributed by atoms with E-state index in [1.807, 2.05) is 18.2 Å². The molecule has 5 rings (SSSR count). The topological polar surface area (TPSA) is 66.5 Å². The van der Waals surface area contributed by atoms with E-state index < -0.39 is 6.04 Å². The minimum absolute atomic E-state index is 0.144. The number of allylic oxidation sites excluding steroid dienone is 2. The van der Waals surface area contributed by atoms with E-state index in [2.05, 4.69) is 17.5 Å². The first-order valence-electron chi connectivity index (χ1n) is 8.49. The highest BCUT2D eigenvalue weighted by Gasteiger charge is 2.58. The van der Waals surface area contributed by atoms with Gasteiger partial charge in [0.25, 0.3) is 0 Å². The summed E-state index contributed by atoms with van der Waals surface area (Å²) in [6.07, 6.45) is 6.08. The third-order valence-electron chi connectivity index (χ3n) is 5.60. The van der Waals surface area contributed by atoms with E-state index in [-0.39, 0.29) is 41.4 Å². The molecule has 2 bridgehead atoms. The van der Waals surface area contributed by atoms with Gasteiger partial charge in [-0.25, -0.2) is 0 Å². The van der Waals surface area contributed by atoms with Crippen molar-refractivity contribution in [2.24, 2.45) is 23.7 Å². The number of benzene rings is 1. The average molecular weight is 324 g/mol. The Hall–Kier alpha value is -2.43. The van der Waals surface area contributed by atoms with Gasteiger partial charge in [0.05, 0.1) is 11.8 Å². The quantitative estimate of drug-likeness (QED) is 0.685. The molecule has 124 valence electrons. The molecule has 3 aliphatic carbocycles. The molecule has 24 heavy (non-hydrogen) atoms. The van der Waals surface area contributed by atoms with Crippen molar-refractivity contribution in [3.8, 4) is 0 Å². The molecule has 2 fully saturated rings. The van der Waals surface area contributed by atoms with E-state index in [0.29, 0.717) is 5.69 Å². The molecule has 0 aromatic heterocycles. The van der Waals surface area contributed by atoms with Crippen LogP contribution < -0.4 is 5.32 Å². The molecule has 1 saturated heterocycles. The number of imide groups is 1. The highest BCUT2D eigenvalue weighted by Crippen LogP contribution is 2.49. The minimum atomic E-state index is -0.796. The monoisotopic (exact) mass is 324 g/mol. The van der Waals surface area contributed by atoms with Crippen LogP contribution in [0.5, 0.6) is 0 Å². The van der Waals surface area contributed by atoms with E-state index in [4.69, 9.17) is 0 Å². The summed E-state index contributed by atoms with van der Waals surface area (Å²) in [7, 11) is 0. The molecular weight excluding hydrogens is 304 g/mol. The van der Waals surface area contributed by atoms with Gasteiger partial charge in [0.15, 0.2) is 0 Å². The first kappa shape index (κ1) is 15.1. The molecule has 5 atom stereocenters. The molecule has 3 amide bonds. The van der Waals surface area contributed by atoms with E-state index in [9.17, 15) is 14.4 Å². The molecule has 5 nitrogen and oxygen atoms in total. The molecule has 0 spiro atoms. The molecule has 4 aliphatic rings. The number of carbonyl (C=O) groups excluding carboxylic acids is 3. The van der Waals surface area contributed by atoms with Crippen LogP contribution in [0.4, 0.5) is 5.69 Å². The highest BCUT2D eigenvalue weighted by atomic mass is 16.2. The lowest BCUT2D eigenvalue weighted by Crippen LogP contribution is -2.46. The Morgan fingerprint density at radius 1 is 1.04 bits per heavy atom. The van der Waals surface area contributed by atoms with Crippen LogP contribution in [0, 0.1) is 23.7 Å². The molecule has 1 saturated carbocycles. The third kappa shape index (κ3) is 2.19. The van der Waals surface area contributed by atoms with Crippen LogP contribution >= 0.6 is 0 Å². The summed E-state index contributed by atoms with van der Waals surface area (Å²) in [5.41, 5.74) is 0.660. The maximum absolute atomic E-state index is 12.8. The van der Waals surface area contributed by atoms with Crippen molar-refractivity contribution in [3.05, 3.63) is 42.5 Å². The van der Waals surface area contributed by atoms with Crippen molar-refractivity contribution in [2.75, 3.05) is 5.32 Å². The lowest BCUT2D eigenvalue weighted by Gasteiger charge is -2.38. The molecule has 1 heterocycles. The van der Waals surface area contributed by atoms with Gasteiger partial charge in [-0.05, 0) is 43.7 Å². The minimum Gasteiger partial charge on any atom is -0.324 e. The third-order valence-corrected chi connectivity index (χ3v) is 5.60. The molecular formula is C19H20N2O3. The number of rotatable bonds is 3. The lowest BCUT2D eigenvalue weighted by atomic mass is 9.63. The van der Waals surface area contributed by atoms with Gasteiger partial charge in [-0.3, -0.25) is 19.3 Å². The van der Waals surface area contributed by atoms with Gasteiger partial charge < -0.3 is 5.32 Å². The van der Waals surface area contributed by atoms with Crippen LogP contribution in [-0.2, 0) is 14.4 Å². The molecule has 1 aliphatic heterocycles. The second kappa shape index (κ2) is 5.58. The standard InChI is InChI=1S/C19H20N2O3/c1-11(17(22)20-14-5-3-2-4-6-14)21-18(23)15-12-7-8-13(10-9-12)16(15)19(21)24/h2-8,11-13,15-16H,9-10H2,1H3,(H,20,22)/t11-,12+,13+,15+,16+/m1/s1. The molecule has 0 radical (unpaired) electrons. The number of fused-ring (bicyclic) bond motifs is 1. The van der Waals surface area contributed by atoms with E-state index >= 15 is 0 Å². The SMILES string of the molecule is C[C@H](C(=O)Nc1ccccc1)N1C(=O)[C@@H]2[C@@H](C1=O)[C@H]1C=C[C@H]2CC1. The van der Waals surface area contributed by atoms with Gasteiger partial charge in [-0.2, -0.15) is 0 Å². The Labute approximate surface area is 140 Å². The molecule has 0 unspecified atom stereocenters. The van der Waals surface area contributed by atoms with Crippen LogP contribution in [0.15, 0.2) is 42.5 Å². The zero-order valence-electron chi connectivity index (χ0n) is 13.5. The number of hydrogen-bond acceptors (Lipinski definition) is 3. The highest BCUT2D eigenvalue weighted by molar-refractivity contribution is 6.10. The Morgan fingerprint density at radius 3 is 2.08 bits per heavy atom. The Kier molecular flexibility index (Phi) is 3.52. The maximum atomic E-state index is 12.8. The smallest absolute Gasteiger partial charge is 0.247 e. The number of hydrogen-bond donors (Lipinski definition) is 1. The molecule has 1 aromatic carbocycles. The van der Waals surface area contributed by atoms with Gasteiger partial charge >= 0.3 is 0 Å². The van der Waals surface area contributed by atoms with Crippen LogP contribution in [0.1, 0.15) is 19.8 Å². The summed E-state index contributed by atoms with van der Waals surface area (Å²) in [5, 5.41) is 2.78. The Morgan fingerprint density at radius 2 is 1.58 bits per heavy atom. The molecule has 1 aromatic rings. The number of carbonyl (C=O) groups is 3. The summed E-state index contributed by atoms with van der Waals surface area (Å²) in [6.45, 7) is 1.63. The number of nitrogens with zero attached hydrogens (tertiary/aromatic N) is 1. The van der Waals surface area contributed by atoms with Crippen molar-refractivity contribution in [1.29, 1.82) is 0 Å². The number of nitrogens with one attached hydrogen (secondary N) is 1. The van der Waals surface area contributed by atoms with Crippen molar-refractivity contribution in [1.82, 2.24) is 4.90 Å². The summed E-state index contributed by atoms with van der Waals surface area (Å²) in [5.74, 6) is -0.945. The average Bonchev–Trinajstić information content (AvgIpc) is 2.89. The van der Waals surface area contributed by atoms with Crippen molar-refractivity contribution in [2.45, 2.75) is 25.8 Å². The Bertz CT molecular complexity index is 695. The fourth-order valence-electron chi connectivity index (χ4n) is 4.36. The summed E-state index contributed by atoms with van der Waals surface area (Å²) in [6, 6.07) is 8.27. The van der Waals surface area contributed by atoms with Crippen LogP contribution in [0.2, 0.25) is 0 Å². The number of likely N-dealkylation sites (tertiary alicyclic amines) is 1. The van der Waals surface area contributed by atoms with E-state index in [1.165, 1.54) is 4.90 Å². The van der Waals surface area contributed by atoms with Gasteiger partial charge in [0.1, 0.15) is 6.04 Å². The zero-order valence-corrected chi connectivity index (χ0v) is 13.5. The molecule has 1 N–H and O–H groups in total. The fraction of sp³-hybridized carbons (Fsp3) is 0.421. The predicted octanol–water partition coefficient (Wildman–Crippen LogP) is 2.21. The maximum Gasteiger partial charge on any atom is 0.247 e. The van der Waals surface area contributed by atoms with Crippen LogP contribution in [0.3, 0.4) is 0 Å². The van der Waals surface area contributed by atoms with Crippen molar-refractivity contribution >= 4 is 23.4 Å². The predicted molar refractivity (Wildman–Crippen MR) is 88.7 cm³/mol. The van der Waals surface area contributed by atoms with E-state index in [0.717, 1.165) is 12.8 Å². The van der Waals surface area contributed by atoms with Gasteiger partial charge in [-0.15, -0.1) is 0 Å². The number of amides is 3. The van der Waals surface area contributed by atoms with Gasteiger partial charge in [-0.1, -0.05) is 30.4 Å². The molecule has 5 heteroatoms. The first-order valence-corrected chi connectivity index (χ1v) is 8.49. The second-order valence-corrected chi connectivity index (χ2v) is 6.92. The Balaban J connectivity index is 1.55. The summed E-state index contributed by atoms with van der Waals surface area (Å²) < 4.78 is 0. The van der Waals surface area contributed by atoms with Gasteiger partial charge in [0, 0.05) is 5.69 Å². The van der Waals surface area contributed by atoms with Crippen LogP contribution in [-0.4, -0.2) is 28.7 Å².